The van der Waals surface area contributed by atoms with Gasteiger partial charge >= 0.3 is 5.97 Å². The molecule has 1 atom stereocenters. The lowest BCUT2D eigenvalue weighted by molar-refractivity contribution is -0.151. The van der Waals surface area contributed by atoms with Gasteiger partial charge in [-0.05, 0) is 69.7 Å². The van der Waals surface area contributed by atoms with Crippen LogP contribution in [0.1, 0.15) is 43.4 Å². The van der Waals surface area contributed by atoms with Crippen LogP contribution in [-0.4, -0.2) is 19.1 Å². The summed E-state index contributed by atoms with van der Waals surface area (Å²) in [5, 5.41) is 3.43. The molecule has 1 unspecified atom stereocenters. The normalized spacial score (nSPS) is 17.6. The first kappa shape index (κ1) is 15.0. The molecule has 0 heterocycles. The molecule has 0 bridgehead atoms. The molecule has 3 heteroatoms. The first-order valence-corrected chi connectivity index (χ1v) is 7.47. The van der Waals surface area contributed by atoms with Crippen LogP contribution in [0.2, 0.25) is 0 Å². The number of carbonyl (C=O) groups excluding carboxylic acids is 1. The molecular weight excluding hydrogens is 250 g/mol. The summed E-state index contributed by atoms with van der Waals surface area (Å²) in [4.78, 5) is 12.4. The maximum Gasteiger partial charge on any atom is 0.330 e. The zero-order valence-electron chi connectivity index (χ0n) is 13.0. The molecule has 110 valence electrons. The molecular formula is C17H25NO2. The van der Waals surface area contributed by atoms with Crippen molar-refractivity contribution in [2.45, 2.75) is 46.1 Å². The summed E-state index contributed by atoms with van der Waals surface area (Å²) in [5.41, 5.74) is 2.67. The number of nitrogens with one attached hydrogen (secondary N) is 1. The zero-order valence-corrected chi connectivity index (χ0v) is 13.0. The Bertz CT molecular complexity index is 494. The molecule has 1 aromatic carbocycles. The van der Waals surface area contributed by atoms with E-state index in [1.165, 1.54) is 24.0 Å². The highest BCUT2D eigenvalue weighted by Gasteiger charge is 2.38. The average molecular weight is 275 g/mol. The fourth-order valence-electron chi connectivity index (χ4n) is 2.29. The van der Waals surface area contributed by atoms with Gasteiger partial charge in [0.05, 0.1) is 6.61 Å². The van der Waals surface area contributed by atoms with Crippen molar-refractivity contribution >= 4 is 5.97 Å². The summed E-state index contributed by atoms with van der Waals surface area (Å²) in [6.07, 6.45) is 2.53. The van der Waals surface area contributed by atoms with Crippen molar-refractivity contribution in [1.82, 2.24) is 5.32 Å². The predicted molar refractivity (Wildman–Crippen MR) is 80.6 cm³/mol. The number of ether oxygens (including phenoxy) is 1. The van der Waals surface area contributed by atoms with Crippen LogP contribution in [0.25, 0.3) is 0 Å². The zero-order chi connectivity index (χ0) is 14.8. The van der Waals surface area contributed by atoms with Crippen LogP contribution in [0.15, 0.2) is 18.2 Å². The van der Waals surface area contributed by atoms with Gasteiger partial charge in [0.25, 0.3) is 0 Å². The second-order valence-corrected chi connectivity index (χ2v) is 5.97. The quantitative estimate of drug-likeness (QED) is 0.811. The van der Waals surface area contributed by atoms with E-state index in [-0.39, 0.29) is 5.97 Å². The van der Waals surface area contributed by atoms with E-state index in [1.807, 2.05) is 19.9 Å². The van der Waals surface area contributed by atoms with Crippen LogP contribution in [-0.2, 0) is 15.1 Å². The Morgan fingerprint density at radius 2 is 2.05 bits per heavy atom. The van der Waals surface area contributed by atoms with E-state index in [2.05, 4.69) is 31.3 Å². The lowest BCUT2D eigenvalue weighted by Crippen LogP contribution is -2.48. The van der Waals surface area contributed by atoms with E-state index in [0.717, 1.165) is 18.0 Å². The third-order valence-electron chi connectivity index (χ3n) is 4.21. The molecule has 0 aromatic heterocycles. The fraction of sp³-hybridized carbons (Fsp3) is 0.588. The summed E-state index contributed by atoms with van der Waals surface area (Å²) in [6.45, 7) is 9.22. The molecule has 0 amide bonds. The minimum absolute atomic E-state index is 0.191. The van der Waals surface area contributed by atoms with E-state index in [4.69, 9.17) is 4.74 Å². The first-order chi connectivity index (χ1) is 9.47. The summed E-state index contributed by atoms with van der Waals surface area (Å²) in [7, 11) is 0. The number of rotatable bonds is 6. The van der Waals surface area contributed by atoms with Crippen molar-refractivity contribution in [3.8, 4) is 0 Å². The average Bonchev–Trinajstić information content (AvgIpc) is 3.23. The highest BCUT2D eigenvalue weighted by molar-refractivity contribution is 5.82. The molecule has 1 aliphatic rings. The highest BCUT2D eigenvalue weighted by Crippen LogP contribution is 2.31. The predicted octanol–water partition coefficient (Wildman–Crippen LogP) is 3.08. The third-order valence-corrected chi connectivity index (χ3v) is 4.21. The number of carbonyl (C=O) groups is 1. The lowest BCUT2D eigenvalue weighted by atomic mass is 9.89. The smallest absolute Gasteiger partial charge is 0.330 e. The van der Waals surface area contributed by atoms with Crippen LogP contribution in [0, 0.1) is 19.8 Å². The molecule has 0 aliphatic heterocycles. The van der Waals surface area contributed by atoms with Crippen molar-refractivity contribution in [1.29, 1.82) is 0 Å². The van der Waals surface area contributed by atoms with Crippen LogP contribution < -0.4 is 5.32 Å². The molecule has 0 saturated heterocycles. The Labute approximate surface area is 121 Å². The monoisotopic (exact) mass is 275 g/mol. The van der Waals surface area contributed by atoms with Crippen molar-refractivity contribution in [2.75, 3.05) is 13.2 Å². The van der Waals surface area contributed by atoms with Gasteiger partial charge in [-0.15, -0.1) is 0 Å². The second-order valence-electron chi connectivity index (χ2n) is 5.97. The fourth-order valence-corrected chi connectivity index (χ4v) is 2.29. The van der Waals surface area contributed by atoms with Gasteiger partial charge in [-0.2, -0.15) is 0 Å². The number of aryl methyl sites for hydroxylation is 2. The van der Waals surface area contributed by atoms with E-state index < -0.39 is 5.54 Å². The number of hydrogen-bond donors (Lipinski definition) is 1. The maximum absolute atomic E-state index is 12.4. The van der Waals surface area contributed by atoms with Gasteiger partial charge in [0, 0.05) is 0 Å². The van der Waals surface area contributed by atoms with Crippen molar-refractivity contribution in [2.24, 2.45) is 5.92 Å². The second kappa shape index (κ2) is 5.96. The SMILES string of the molecule is CCOC(=O)C(C)(NCC1CC1)c1ccc(C)c(C)c1. The topological polar surface area (TPSA) is 38.3 Å². The number of esters is 1. The van der Waals surface area contributed by atoms with Crippen LogP contribution >= 0.6 is 0 Å². The van der Waals surface area contributed by atoms with E-state index in [0.29, 0.717) is 6.61 Å². The summed E-state index contributed by atoms with van der Waals surface area (Å²) >= 11 is 0. The number of benzene rings is 1. The van der Waals surface area contributed by atoms with Crippen LogP contribution in [0.3, 0.4) is 0 Å². The molecule has 1 aliphatic carbocycles. The first-order valence-electron chi connectivity index (χ1n) is 7.47. The largest absolute Gasteiger partial charge is 0.464 e. The van der Waals surface area contributed by atoms with Gasteiger partial charge in [-0.25, -0.2) is 4.79 Å². The maximum atomic E-state index is 12.4. The molecule has 1 fully saturated rings. The Kier molecular flexibility index (Phi) is 4.48. The van der Waals surface area contributed by atoms with Gasteiger partial charge < -0.3 is 4.74 Å². The van der Waals surface area contributed by atoms with E-state index in [9.17, 15) is 4.79 Å². The van der Waals surface area contributed by atoms with Gasteiger partial charge in [0.1, 0.15) is 5.54 Å². The Morgan fingerprint density at radius 3 is 2.60 bits per heavy atom. The highest BCUT2D eigenvalue weighted by atomic mass is 16.5. The van der Waals surface area contributed by atoms with Crippen LogP contribution in [0.4, 0.5) is 0 Å². The standard InChI is InChI=1S/C17H25NO2/c1-5-20-16(19)17(4,18-11-14-7-8-14)15-9-6-12(2)13(3)10-15/h6,9-10,14,18H,5,7-8,11H2,1-4H3. The van der Waals surface area contributed by atoms with Gasteiger partial charge in [-0.1, -0.05) is 18.2 Å². The molecule has 2 rings (SSSR count). The Hall–Kier alpha value is -1.35. The van der Waals surface area contributed by atoms with E-state index >= 15 is 0 Å². The summed E-state index contributed by atoms with van der Waals surface area (Å²) in [6, 6.07) is 6.19. The Balaban J connectivity index is 2.27. The van der Waals surface area contributed by atoms with Crippen molar-refractivity contribution in [3.63, 3.8) is 0 Å². The van der Waals surface area contributed by atoms with Gasteiger partial charge in [0.2, 0.25) is 0 Å². The van der Waals surface area contributed by atoms with Gasteiger partial charge in [0.15, 0.2) is 0 Å². The molecule has 3 nitrogen and oxygen atoms in total. The summed E-state index contributed by atoms with van der Waals surface area (Å²) < 4.78 is 5.28. The third kappa shape index (κ3) is 3.21. The minimum Gasteiger partial charge on any atom is -0.464 e. The lowest BCUT2D eigenvalue weighted by Gasteiger charge is -2.29. The van der Waals surface area contributed by atoms with E-state index in [1.54, 1.807) is 0 Å². The molecule has 0 radical (unpaired) electrons. The van der Waals surface area contributed by atoms with Gasteiger partial charge in [-0.3, -0.25) is 5.32 Å². The minimum atomic E-state index is -0.753. The van der Waals surface area contributed by atoms with Crippen molar-refractivity contribution < 1.29 is 9.53 Å². The number of hydrogen-bond acceptors (Lipinski definition) is 3. The molecule has 20 heavy (non-hydrogen) atoms. The van der Waals surface area contributed by atoms with Crippen LogP contribution in [0.5, 0.6) is 0 Å². The molecule has 1 aromatic rings. The Morgan fingerprint density at radius 1 is 1.35 bits per heavy atom. The molecule has 0 spiro atoms. The molecule has 1 N–H and O–H groups in total. The summed E-state index contributed by atoms with van der Waals surface area (Å²) in [5.74, 6) is 0.527. The van der Waals surface area contributed by atoms with Crippen molar-refractivity contribution in [3.05, 3.63) is 34.9 Å². The molecule has 1 saturated carbocycles.